The van der Waals surface area contributed by atoms with Crippen molar-refractivity contribution in [1.82, 2.24) is 15.2 Å². The molecule has 2 heterocycles. The number of carbonyl (C=O) groups excluding carboxylic acids is 2. The Balaban J connectivity index is 0.00000182. The summed E-state index contributed by atoms with van der Waals surface area (Å²) in [6.07, 6.45) is 5.21. The molecule has 2 aromatic rings. The van der Waals surface area contributed by atoms with Crippen LogP contribution < -0.4 is 10.6 Å². The Hall–Kier alpha value is -2.15. The number of nitrogens with one attached hydrogen (secondary N) is 2. The zero-order chi connectivity index (χ0) is 17.6. The predicted octanol–water partition coefficient (Wildman–Crippen LogP) is 3.00. The summed E-state index contributed by atoms with van der Waals surface area (Å²) >= 11 is 0. The largest absolute Gasteiger partial charge is 0.337 e. The molecule has 27 heavy (non-hydrogen) atoms. The Bertz CT molecular complexity index is 758. The van der Waals surface area contributed by atoms with Crippen LogP contribution in [0, 0.1) is 0 Å². The number of likely N-dealkylation sites (N-methyl/N-ethyl adjacent to an activating group) is 1. The maximum atomic E-state index is 12.7. The van der Waals surface area contributed by atoms with Crippen LogP contribution >= 0.6 is 24.8 Å². The Morgan fingerprint density at radius 1 is 1.15 bits per heavy atom. The van der Waals surface area contributed by atoms with Gasteiger partial charge in [0.1, 0.15) is 0 Å². The van der Waals surface area contributed by atoms with Crippen molar-refractivity contribution >= 4 is 42.3 Å². The van der Waals surface area contributed by atoms with Crippen LogP contribution in [-0.2, 0) is 0 Å². The summed E-state index contributed by atoms with van der Waals surface area (Å²) in [6.45, 7) is 1.48. The van der Waals surface area contributed by atoms with E-state index in [4.69, 9.17) is 0 Å². The number of hydrogen-bond acceptors (Lipinski definition) is 4. The third-order valence-electron chi connectivity index (χ3n) is 4.41. The van der Waals surface area contributed by atoms with Crippen LogP contribution in [0.2, 0.25) is 0 Å². The normalized spacial score (nSPS) is 15.9. The monoisotopic (exact) mass is 410 g/mol. The molecule has 0 saturated carbocycles. The molecule has 146 valence electrons. The van der Waals surface area contributed by atoms with E-state index in [-0.39, 0.29) is 36.6 Å². The van der Waals surface area contributed by atoms with Gasteiger partial charge in [-0.3, -0.25) is 14.6 Å². The number of nitrogens with zero attached hydrogens (tertiary/aromatic N) is 2. The fourth-order valence-electron chi connectivity index (χ4n) is 3.01. The van der Waals surface area contributed by atoms with Crippen LogP contribution in [0.25, 0.3) is 0 Å². The summed E-state index contributed by atoms with van der Waals surface area (Å²) in [5, 5.41) is 6.05. The van der Waals surface area contributed by atoms with Gasteiger partial charge >= 0.3 is 0 Å². The summed E-state index contributed by atoms with van der Waals surface area (Å²) in [5.41, 5.74) is 1.66. The lowest BCUT2D eigenvalue weighted by Crippen LogP contribution is -2.46. The van der Waals surface area contributed by atoms with Crippen LogP contribution in [0.3, 0.4) is 0 Å². The van der Waals surface area contributed by atoms with Gasteiger partial charge in [0, 0.05) is 42.8 Å². The molecule has 0 spiro atoms. The molecule has 1 aromatic carbocycles. The van der Waals surface area contributed by atoms with Crippen molar-refractivity contribution in [2.45, 2.75) is 18.9 Å². The minimum absolute atomic E-state index is 0. The van der Waals surface area contributed by atoms with Gasteiger partial charge < -0.3 is 15.5 Å². The highest BCUT2D eigenvalue weighted by Crippen LogP contribution is 2.17. The number of aromatic nitrogens is 1. The Labute approximate surface area is 171 Å². The van der Waals surface area contributed by atoms with Gasteiger partial charge in [-0.2, -0.15) is 0 Å². The lowest BCUT2D eigenvalue weighted by atomic mass is 10.0. The van der Waals surface area contributed by atoms with E-state index in [0.717, 1.165) is 19.4 Å². The smallest absolute Gasteiger partial charge is 0.257 e. The Morgan fingerprint density at radius 2 is 1.93 bits per heavy atom. The third kappa shape index (κ3) is 5.92. The van der Waals surface area contributed by atoms with Gasteiger partial charge in [0.05, 0.1) is 5.56 Å². The fraction of sp³-hybridized carbons (Fsp3) is 0.316. The van der Waals surface area contributed by atoms with Gasteiger partial charge in [-0.05, 0) is 50.2 Å². The highest BCUT2D eigenvalue weighted by atomic mass is 35.5. The molecule has 1 aliphatic heterocycles. The van der Waals surface area contributed by atoms with Crippen LogP contribution in [-0.4, -0.2) is 47.9 Å². The number of benzene rings is 1. The van der Waals surface area contributed by atoms with Crippen molar-refractivity contribution in [2.24, 2.45) is 0 Å². The molecular weight excluding hydrogens is 387 g/mol. The molecule has 1 fully saturated rings. The summed E-state index contributed by atoms with van der Waals surface area (Å²) in [4.78, 5) is 30.8. The lowest BCUT2D eigenvalue weighted by molar-refractivity contribution is 0.0698. The zero-order valence-electron chi connectivity index (χ0n) is 15.1. The van der Waals surface area contributed by atoms with E-state index in [2.05, 4.69) is 15.6 Å². The molecule has 0 radical (unpaired) electrons. The second-order valence-electron chi connectivity index (χ2n) is 6.16. The molecule has 2 amide bonds. The number of halogens is 2. The van der Waals surface area contributed by atoms with E-state index in [1.54, 1.807) is 42.6 Å². The summed E-state index contributed by atoms with van der Waals surface area (Å²) in [6, 6.07) is 10.8. The highest BCUT2D eigenvalue weighted by Gasteiger charge is 2.23. The van der Waals surface area contributed by atoms with Gasteiger partial charge in [0.15, 0.2) is 0 Å². The molecule has 3 rings (SSSR count). The lowest BCUT2D eigenvalue weighted by Gasteiger charge is -2.32. The molecule has 1 saturated heterocycles. The molecule has 2 N–H and O–H groups in total. The van der Waals surface area contributed by atoms with Gasteiger partial charge in [0.25, 0.3) is 11.8 Å². The highest BCUT2D eigenvalue weighted by molar-refractivity contribution is 6.04. The number of likely N-dealkylation sites (tertiary alicyclic amines) is 1. The average Bonchev–Trinajstić information content (AvgIpc) is 2.68. The Kier molecular flexibility index (Phi) is 9.21. The van der Waals surface area contributed by atoms with Crippen LogP contribution in [0.5, 0.6) is 0 Å². The van der Waals surface area contributed by atoms with Crippen LogP contribution in [0.15, 0.2) is 48.8 Å². The molecule has 1 atom stereocenters. The molecule has 6 nitrogen and oxygen atoms in total. The van der Waals surface area contributed by atoms with E-state index in [0.29, 0.717) is 29.4 Å². The quantitative estimate of drug-likeness (QED) is 0.811. The number of piperidine rings is 1. The minimum Gasteiger partial charge on any atom is -0.337 e. The summed E-state index contributed by atoms with van der Waals surface area (Å²) in [7, 11) is 1.92. The van der Waals surface area contributed by atoms with Gasteiger partial charge in [-0.1, -0.05) is 6.07 Å². The first-order valence-electron chi connectivity index (χ1n) is 8.45. The number of rotatable bonds is 4. The predicted molar refractivity (Wildman–Crippen MR) is 111 cm³/mol. The number of amides is 2. The standard InChI is InChI=1S/C19H22N4O2.2ClH/c1-20-17-8-4-10-23(13-17)19(25)14-5-2-7-16(11-14)22-18(24)15-6-3-9-21-12-15;;/h2-3,5-7,9,11-12,17,20H,4,8,10,13H2,1H3,(H,22,24);2*1H. The number of anilines is 1. The van der Waals surface area contributed by atoms with Crippen molar-refractivity contribution < 1.29 is 9.59 Å². The molecule has 1 aliphatic rings. The van der Waals surface area contributed by atoms with Crippen LogP contribution in [0.1, 0.15) is 33.6 Å². The Morgan fingerprint density at radius 3 is 2.63 bits per heavy atom. The van der Waals surface area contributed by atoms with E-state index < -0.39 is 0 Å². The van der Waals surface area contributed by atoms with Gasteiger partial charge in [0.2, 0.25) is 0 Å². The van der Waals surface area contributed by atoms with Crippen molar-refractivity contribution in [3.05, 3.63) is 59.9 Å². The van der Waals surface area contributed by atoms with E-state index in [1.807, 2.05) is 11.9 Å². The molecule has 8 heteroatoms. The number of pyridine rings is 1. The topological polar surface area (TPSA) is 74.3 Å². The third-order valence-corrected chi connectivity index (χ3v) is 4.41. The van der Waals surface area contributed by atoms with E-state index in [1.165, 1.54) is 6.20 Å². The van der Waals surface area contributed by atoms with Crippen molar-refractivity contribution in [3.63, 3.8) is 0 Å². The summed E-state index contributed by atoms with van der Waals surface area (Å²) in [5.74, 6) is -0.247. The van der Waals surface area contributed by atoms with Crippen molar-refractivity contribution in [2.75, 3.05) is 25.5 Å². The molecular formula is C19H24Cl2N4O2. The first-order chi connectivity index (χ1) is 12.2. The average molecular weight is 411 g/mol. The number of hydrogen-bond donors (Lipinski definition) is 2. The second kappa shape index (κ2) is 10.9. The maximum Gasteiger partial charge on any atom is 0.257 e. The maximum absolute atomic E-state index is 12.7. The fourth-order valence-corrected chi connectivity index (χ4v) is 3.01. The second-order valence-corrected chi connectivity index (χ2v) is 6.16. The number of carbonyl (C=O) groups is 2. The van der Waals surface area contributed by atoms with Gasteiger partial charge in [-0.25, -0.2) is 0 Å². The van der Waals surface area contributed by atoms with Crippen LogP contribution in [0.4, 0.5) is 5.69 Å². The van der Waals surface area contributed by atoms with E-state index >= 15 is 0 Å². The molecule has 0 aliphatic carbocycles. The molecule has 0 bridgehead atoms. The summed E-state index contributed by atoms with van der Waals surface area (Å²) < 4.78 is 0. The van der Waals surface area contributed by atoms with Gasteiger partial charge in [-0.15, -0.1) is 24.8 Å². The van der Waals surface area contributed by atoms with E-state index in [9.17, 15) is 9.59 Å². The van der Waals surface area contributed by atoms with Crippen molar-refractivity contribution in [3.8, 4) is 0 Å². The first kappa shape index (κ1) is 22.9. The first-order valence-corrected chi connectivity index (χ1v) is 8.45. The SMILES string of the molecule is CNC1CCCN(C(=O)c2cccc(NC(=O)c3cccnc3)c2)C1.Cl.Cl. The minimum atomic E-state index is -0.245. The van der Waals surface area contributed by atoms with Crippen molar-refractivity contribution in [1.29, 1.82) is 0 Å². The molecule has 1 aromatic heterocycles. The zero-order valence-corrected chi connectivity index (χ0v) is 16.7. The molecule has 1 unspecified atom stereocenters.